The average molecular weight is 301 g/mol. The Kier molecular flexibility index (Phi) is 6.14. The van der Waals surface area contributed by atoms with E-state index in [1.807, 2.05) is 24.3 Å². The molecular weight excluding hydrogens is 285 g/mol. The first kappa shape index (κ1) is 15.4. The summed E-state index contributed by atoms with van der Waals surface area (Å²) in [5.74, 6) is 7.17. The van der Waals surface area contributed by atoms with Gasteiger partial charge in [-0.15, -0.1) is 11.8 Å². The third kappa shape index (κ3) is 5.50. The van der Waals surface area contributed by atoms with Crippen molar-refractivity contribution < 1.29 is 9.13 Å². The highest BCUT2D eigenvalue weighted by molar-refractivity contribution is 7.99. The number of ether oxygens (including phenoxy) is 1. The Balaban J connectivity index is 1.74. The lowest BCUT2D eigenvalue weighted by atomic mass is 10.2. The van der Waals surface area contributed by atoms with E-state index in [2.05, 4.69) is 11.8 Å². The van der Waals surface area contributed by atoms with Gasteiger partial charge in [0.15, 0.2) is 0 Å². The van der Waals surface area contributed by atoms with Crippen LogP contribution >= 0.6 is 11.8 Å². The Hall–Kier alpha value is -1.96. The van der Waals surface area contributed by atoms with Crippen LogP contribution in [0.25, 0.3) is 0 Å². The lowest BCUT2D eigenvalue weighted by molar-refractivity contribution is 0.344. The molecule has 0 heterocycles. The highest BCUT2D eigenvalue weighted by atomic mass is 32.2. The number of thioether (sulfide) groups is 1. The molecular formula is C17H16FNOS. The zero-order valence-electron chi connectivity index (χ0n) is 11.5. The molecule has 0 atom stereocenters. The molecule has 0 aliphatic heterocycles. The Morgan fingerprint density at radius 2 is 1.76 bits per heavy atom. The minimum atomic E-state index is -0.214. The van der Waals surface area contributed by atoms with Gasteiger partial charge in [-0.1, -0.05) is 11.8 Å². The summed E-state index contributed by atoms with van der Waals surface area (Å²) in [5, 5.41) is 0. The van der Waals surface area contributed by atoms with Gasteiger partial charge in [0, 0.05) is 16.2 Å². The van der Waals surface area contributed by atoms with E-state index < -0.39 is 0 Å². The van der Waals surface area contributed by atoms with E-state index >= 15 is 0 Å². The molecule has 0 spiro atoms. The van der Waals surface area contributed by atoms with Crippen LogP contribution in [0.5, 0.6) is 5.75 Å². The Morgan fingerprint density at radius 1 is 1.05 bits per heavy atom. The van der Waals surface area contributed by atoms with Crippen molar-refractivity contribution in [3.05, 3.63) is 59.9 Å². The molecule has 0 aromatic heterocycles. The van der Waals surface area contributed by atoms with Crippen LogP contribution < -0.4 is 10.5 Å². The summed E-state index contributed by atoms with van der Waals surface area (Å²) in [5.41, 5.74) is 6.25. The summed E-state index contributed by atoms with van der Waals surface area (Å²) in [6, 6.07) is 14.1. The van der Waals surface area contributed by atoms with Crippen molar-refractivity contribution >= 4 is 11.8 Å². The van der Waals surface area contributed by atoms with Crippen molar-refractivity contribution in [1.29, 1.82) is 0 Å². The maximum atomic E-state index is 12.8. The molecule has 0 saturated carbocycles. The third-order valence-electron chi connectivity index (χ3n) is 2.62. The molecule has 2 aromatic rings. The zero-order valence-corrected chi connectivity index (χ0v) is 12.3. The molecule has 4 heteroatoms. The average Bonchev–Trinajstić information content (AvgIpc) is 2.52. The SMILES string of the molecule is NCC#Cc1ccc(OCCSc2ccc(F)cc2)cc1. The second kappa shape index (κ2) is 8.35. The van der Waals surface area contributed by atoms with Crippen LogP contribution in [-0.2, 0) is 0 Å². The molecule has 2 rings (SSSR count). The van der Waals surface area contributed by atoms with E-state index in [4.69, 9.17) is 10.5 Å². The molecule has 21 heavy (non-hydrogen) atoms. The lowest BCUT2D eigenvalue weighted by Crippen LogP contribution is -2.00. The topological polar surface area (TPSA) is 35.2 Å². The maximum absolute atomic E-state index is 12.8. The van der Waals surface area contributed by atoms with E-state index in [1.54, 1.807) is 23.9 Å². The van der Waals surface area contributed by atoms with Gasteiger partial charge in [-0.2, -0.15) is 0 Å². The molecule has 0 radical (unpaired) electrons. The van der Waals surface area contributed by atoms with Gasteiger partial charge in [0.05, 0.1) is 13.2 Å². The minimum absolute atomic E-state index is 0.214. The molecule has 2 N–H and O–H groups in total. The normalized spacial score (nSPS) is 9.81. The predicted molar refractivity (Wildman–Crippen MR) is 85.0 cm³/mol. The molecule has 2 aromatic carbocycles. The highest BCUT2D eigenvalue weighted by Crippen LogP contribution is 2.18. The number of hydrogen-bond donors (Lipinski definition) is 1. The molecule has 0 aliphatic rings. The van der Waals surface area contributed by atoms with E-state index in [0.29, 0.717) is 13.2 Å². The van der Waals surface area contributed by atoms with Gasteiger partial charge >= 0.3 is 0 Å². The largest absolute Gasteiger partial charge is 0.493 e. The smallest absolute Gasteiger partial charge is 0.123 e. The summed E-state index contributed by atoms with van der Waals surface area (Å²) in [7, 11) is 0. The number of benzene rings is 2. The van der Waals surface area contributed by atoms with E-state index in [0.717, 1.165) is 22.0 Å². The van der Waals surface area contributed by atoms with Gasteiger partial charge in [-0.3, -0.25) is 0 Å². The molecule has 0 saturated heterocycles. The number of halogens is 1. The van der Waals surface area contributed by atoms with Crippen molar-refractivity contribution in [3.8, 4) is 17.6 Å². The Labute approximate surface area is 128 Å². The molecule has 0 aliphatic carbocycles. The molecule has 0 fully saturated rings. The van der Waals surface area contributed by atoms with Gasteiger partial charge in [-0.25, -0.2) is 4.39 Å². The van der Waals surface area contributed by atoms with Crippen LogP contribution in [0.1, 0.15) is 5.56 Å². The van der Waals surface area contributed by atoms with E-state index in [1.165, 1.54) is 12.1 Å². The van der Waals surface area contributed by atoms with Gasteiger partial charge in [0.2, 0.25) is 0 Å². The number of hydrogen-bond acceptors (Lipinski definition) is 3. The quantitative estimate of drug-likeness (QED) is 0.523. The predicted octanol–water partition coefficient (Wildman–Crippen LogP) is 3.31. The van der Waals surface area contributed by atoms with Crippen LogP contribution in [0.2, 0.25) is 0 Å². The first-order valence-electron chi connectivity index (χ1n) is 6.58. The van der Waals surface area contributed by atoms with Crippen LogP contribution in [0.3, 0.4) is 0 Å². The molecule has 0 unspecified atom stereocenters. The van der Waals surface area contributed by atoms with Crippen molar-refractivity contribution in [3.63, 3.8) is 0 Å². The molecule has 0 amide bonds. The Bertz CT molecular complexity index is 614. The van der Waals surface area contributed by atoms with Crippen molar-refractivity contribution in [2.24, 2.45) is 5.73 Å². The fourth-order valence-corrected chi connectivity index (χ4v) is 2.37. The van der Waals surface area contributed by atoms with Gasteiger partial charge in [0.25, 0.3) is 0 Å². The standard InChI is InChI=1S/C17H16FNOS/c18-15-5-9-17(10-6-15)21-13-12-20-16-7-3-14(4-8-16)2-1-11-19/h3-10H,11-13,19H2. The minimum Gasteiger partial charge on any atom is -0.493 e. The summed E-state index contributed by atoms with van der Waals surface area (Å²) >= 11 is 1.63. The summed E-state index contributed by atoms with van der Waals surface area (Å²) in [4.78, 5) is 1.03. The first-order chi connectivity index (χ1) is 10.3. The lowest BCUT2D eigenvalue weighted by Gasteiger charge is -2.06. The summed E-state index contributed by atoms with van der Waals surface area (Å²) in [6.45, 7) is 0.953. The van der Waals surface area contributed by atoms with Crippen molar-refractivity contribution in [2.45, 2.75) is 4.90 Å². The second-order valence-electron chi connectivity index (χ2n) is 4.18. The van der Waals surface area contributed by atoms with Crippen molar-refractivity contribution in [2.75, 3.05) is 18.9 Å². The fourth-order valence-electron chi connectivity index (χ4n) is 1.64. The summed E-state index contributed by atoms with van der Waals surface area (Å²) < 4.78 is 18.4. The van der Waals surface area contributed by atoms with Gasteiger partial charge in [0.1, 0.15) is 11.6 Å². The van der Waals surface area contributed by atoms with Crippen molar-refractivity contribution in [1.82, 2.24) is 0 Å². The van der Waals surface area contributed by atoms with Crippen LogP contribution in [0, 0.1) is 17.7 Å². The van der Waals surface area contributed by atoms with E-state index in [-0.39, 0.29) is 5.82 Å². The number of rotatable bonds is 5. The molecule has 108 valence electrons. The number of nitrogens with two attached hydrogens (primary N) is 1. The fraction of sp³-hybridized carbons (Fsp3) is 0.176. The van der Waals surface area contributed by atoms with Crippen LogP contribution in [0.15, 0.2) is 53.4 Å². The molecule has 2 nitrogen and oxygen atoms in total. The zero-order chi connectivity index (χ0) is 14.9. The second-order valence-corrected chi connectivity index (χ2v) is 5.35. The first-order valence-corrected chi connectivity index (χ1v) is 7.56. The monoisotopic (exact) mass is 301 g/mol. The Morgan fingerprint density at radius 3 is 2.43 bits per heavy atom. The van der Waals surface area contributed by atoms with Crippen LogP contribution in [-0.4, -0.2) is 18.9 Å². The molecule has 0 bridgehead atoms. The van der Waals surface area contributed by atoms with Crippen LogP contribution in [0.4, 0.5) is 4.39 Å². The third-order valence-corrected chi connectivity index (χ3v) is 3.60. The van der Waals surface area contributed by atoms with Gasteiger partial charge < -0.3 is 10.5 Å². The van der Waals surface area contributed by atoms with Gasteiger partial charge in [-0.05, 0) is 48.5 Å². The maximum Gasteiger partial charge on any atom is 0.123 e. The highest BCUT2D eigenvalue weighted by Gasteiger charge is 1.97. The summed E-state index contributed by atoms with van der Waals surface area (Å²) in [6.07, 6.45) is 0. The van der Waals surface area contributed by atoms with E-state index in [9.17, 15) is 4.39 Å².